The molecule has 4 atom stereocenters. The third-order valence-corrected chi connectivity index (χ3v) is 14.7. The van der Waals surface area contributed by atoms with Crippen molar-refractivity contribution in [2.24, 2.45) is 5.92 Å². The van der Waals surface area contributed by atoms with Gasteiger partial charge in [-0.05, 0) is 137 Å². The van der Waals surface area contributed by atoms with Crippen LogP contribution in [0.1, 0.15) is 120 Å². The number of halogens is 2. The van der Waals surface area contributed by atoms with Crippen molar-refractivity contribution in [3.8, 4) is 17.2 Å². The molecule has 2 N–H and O–H groups in total. The number of H-pyrrole nitrogens is 1. The Morgan fingerprint density at radius 1 is 0.912 bits per heavy atom. The number of benzene rings is 3. The quantitative estimate of drug-likeness (QED) is 0.156. The summed E-state index contributed by atoms with van der Waals surface area (Å²) in [5.74, 6) is -1.76. The van der Waals surface area contributed by atoms with Crippen molar-refractivity contribution in [1.82, 2.24) is 49.0 Å². The highest BCUT2D eigenvalue weighted by molar-refractivity contribution is 6.00. The molecule has 11 rings (SSSR count). The number of ether oxygens (including phenoxy) is 1. The van der Waals surface area contributed by atoms with Gasteiger partial charge in [0.25, 0.3) is 11.8 Å². The van der Waals surface area contributed by atoms with Crippen molar-refractivity contribution in [2.75, 3.05) is 26.2 Å². The fraction of sp³-hybridized carbons (Fsp3) is 0.400. The maximum Gasteiger partial charge on any atom is 0.438 e. The van der Waals surface area contributed by atoms with Gasteiger partial charge >= 0.3 is 11.4 Å². The zero-order valence-corrected chi connectivity index (χ0v) is 38.7. The van der Waals surface area contributed by atoms with Crippen molar-refractivity contribution < 1.29 is 27.6 Å². The molecule has 2 amide bonds. The number of carbonyl (C=O) groups is 2. The van der Waals surface area contributed by atoms with E-state index >= 15 is 13.6 Å². The van der Waals surface area contributed by atoms with E-state index in [1.54, 1.807) is 46.8 Å². The average molecular weight is 927 g/mol. The molecule has 1 aliphatic carbocycles. The molecule has 0 unspecified atom stereocenters. The van der Waals surface area contributed by atoms with Gasteiger partial charge in [-0.25, -0.2) is 28.1 Å². The molecule has 2 saturated heterocycles. The third kappa shape index (κ3) is 6.97. The highest BCUT2D eigenvalue weighted by atomic mass is 19.1. The number of hydrogen-bond acceptors (Lipinski definition) is 9. The third-order valence-electron chi connectivity index (χ3n) is 14.7. The number of rotatable bonds is 9. The molecule has 4 aromatic heterocycles. The van der Waals surface area contributed by atoms with E-state index in [2.05, 4.69) is 54.5 Å². The van der Waals surface area contributed by atoms with Crippen LogP contribution in [0, 0.1) is 31.4 Å². The van der Waals surface area contributed by atoms with Gasteiger partial charge in [0.15, 0.2) is 5.82 Å². The normalized spacial score (nSPS) is 22.3. The van der Waals surface area contributed by atoms with Crippen LogP contribution < -0.4 is 16.9 Å². The Morgan fingerprint density at radius 3 is 2.32 bits per heavy atom. The second-order valence-corrected chi connectivity index (χ2v) is 19.6. The zero-order chi connectivity index (χ0) is 47.6. The first-order chi connectivity index (χ1) is 32.5. The topological polar surface area (TPSA) is 170 Å². The number of nitrogens with zero attached hydrogens (tertiary/aromatic N) is 8. The van der Waals surface area contributed by atoms with E-state index in [-0.39, 0.29) is 47.0 Å². The Balaban J connectivity index is 1.02. The molecular formula is C50H52F2N10O6. The first-order valence-electron chi connectivity index (χ1n) is 23.3. The molecule has 0 spiro atoms. The van der Waals surface area contributed by atoms with Crippen LogP contribution in [0.15, 0.2) is 81.1 Å². The van der Waals surface area contributed by atoms with Crippen LogP contribution in [-0.2, 0) is 16.7 Å². The lowest BCUT2D eigenvalue weighted by Crippen LogP contribution is -2.50. The summed E-state index contributed by atoms with van der Waals surface area (Å²) in [6.45, 7) is 13.8. The fourth-order valence-corrected chi connectivity index (χ4v) is 10.9. The largest absolute Gasteiger partial charge is 0.438 e. The summed E-state index contributed by atoms with van der Waals surface area (Å²) in [6, 6.07) is 15.0. The maximum absolute atomic E-state index is 15.6. The minimum Gasteiger partial charge on any atom is -0.376 e. The van der Waals surface area contributed by atoms with Crippen molar-refractivity contribution in [1.29, 1.82) is 0 Å². The number of imidazole rings is 1. The van der Waals surface area contributed by atoms with Crippen LogP contribution in [0.25, 0.3) is 28.1 Å². The molecule has 7 heterocycles. The number of aromatic nitrogens is 7. The molecule has 4 aliphatic rings. The monoisotopic (exact) mass is 926 g/mol. The minimum absolute atomic E-state index is 0.0118. The number of nitrogens with one attached hydrogen (secondary N) is 2. The zero-order valence-electron chi connectivity index (χ0n) is 38.7. The second-order valence-electron chi connectivity index (χ2n) is 19.6. The van der Waals surface area contributed by atoms with Gasteiger partial charge in [-0.2, -0.15) is 5.10 Å². The molecule has 18 heteroatoms. The molecule has 3 fully saturated rings. The predicted octanol–water partition coefficient (Wildman–Crippen LogP) is 6.91. The van der Waals surface area contributed by atoms with E-state index in [9.17, 15) is 14.4 Å². The molecule has 352 valence electrons. The summed E-state index contributed by atoms with van der Waals surface area (Å²) in [4.78, 5) is 60.1. The second kappa shape index (κ2) is 15.8. The van der Waals surface area contributed by atoms with Crippen molar-refractivity contribution in [2.45, 2.75) is 96.7 Å². The van der Waals surface area contributed by atoms with Gasteiger partial charge in [0.05, 0.1) is 34.3 Å². The number of amides is 2. The molecule has 0 radical (unpaired) electrons. The highest BCUT2D eigenvalue weighted by Crippen LogP contribution is 2.56. The van der Waals surface area contributed by atoms with Crippen LogP contribution in [0.3, 0.4) is 0 Å². The van der Waals surface area contributed by atoms with Crippen LogP contribution in [0.2, 0.25) is 0 Å². The van der Waals surface area contributed by atoms with Gasteiger partial charge in [-0.15, -0.1) is 0 Å². The summed E-state index contributed by atoms with van der Waals surface area (Å²) in [6.07, 6.45) is 6.65. The van der Waals surface area contributed by atoms with Crippen LogP contribution >= 0.6 is 0 Å². The number of aryl methyl sites for hydroxylation is 2. The van der Waals surface area contributed by atoms with Gasteiger partial charge in [-0.1, -0.05) is 18.1 Å². The number of hydrogen-bond donors (Lipinski definition) is 2. The van der Waals surface area contributed by atoms with E-state index in [1.807, 2.05) is 17.6 Å². The summed E-state index contributed by atoms with van der Waals surface area (Å²) in [5, 5.41) is 11.8. The Hall–Kier alpha value is -6.92. The lowest BCUT2D eigenvalue weighted by atomic mass is 9.83. The summed E-state index contributed by atoms with van der Waals surface area (Å²) < 4.78 is 48.2. The van der Waals surface area contributed by atoms with Crippen LogP contribution in [0.5, 0.6) is 0 Å². The average Bonchev–Trinajstić information content (AvgIpc) is 3.78. The van der Waals surface area contributed by atoms with E-state index in [0.717, 1.165) is 41.8 Å². The number of hydrazine groups is 1. The van der Waals surface area contributed by atoms with Crippen LogP contribution in [-0.4, -0.2) is 87.2 Å². The first kappa shape index (κ1) is 43.6. The summed E-state index contributed by atoms with van der Waals surface area (Å²) in [7, 11) is 0. The molecule has 1 saturated carbocycles. The summed E-state index contributed by atoms with van der Waals surface area (Å²) >= 11 is 0. The van der Waals surface area contributed by atoms with E-state index < -0.39 is 34.8 Å². The van der Waals surface area contributed by atoms with Crippen molar-refractivity contribution in [3.63, 3.8) is 0 Å². The lowest BCUT2D eigenvalue weighted by molar-refractivity contribution is -0.0592. The number of aromatic amines is 1. The smallest absolute Gasteiger partial charge is 0.376 e. The molecule has 68 heavy (non-hydrogen) atoms. The highest BCUT2D eigenvalue weighted by Gasteiger charge is 2.59. The molecule has 16 nitrogen and oxygen atoms in total. The van der Waals surface area contributed by atoms with E-state index in [1.165, 1.54) is 27.5 Å². The van der Waals surface area contributed by atoms with Gasteiger partial charge in [-0.3, -0.25) is 33.7 Å². The Bertz CT molecular complexity index is 3310. The predicted molar refractivity (Wildman–Crippen MR) is 247 cm³/mol. The molecular weight excluding hydrogens is 875 g/mol. The molecule has 3 aromatic carbocycles. The number of carbonyl (C=O) groups excluding carboxylic acids is 2. The van der Waals surface area contributed by atoms with Crippen molar-refractivity contribution >= 4 is 22.7 Å². The van der Waals surface area contributed by atoms with Crippen LogP contribution in [0.4, 0.5) is 8.78 Å². The van der Waals surface area contributed by atoms with E-state index in [0.29, 0.717) is 77.9 Å². The molecule has 3 aliphatic heterocycles. The maximum atomic E-state index is 15.6. The minimum atomic E-state index is -0.869. The standard InChI is InChI=1S/C50H52F2N10O6/c1-27-20-35(21-28(2)42(27)52)62-44(60-18-17-59(48(60)66)34-9-10-36(37(51)24-34)43(63)55-57-14-7-15-57)41-30(4)58(16-12-38(41)54-62)45(64)40-23-33-22-31(32-13-19-67-49(5,6)26-32)8-11-39(33)61(40)50(25-29(50)3)46-53-47(65)68-56-46/h8-11,17-18,20-24,29-30,32H,7,12-16,19,25-26H2,1-6H3,(H,55,63)(H,53,56,65)/t29-,30-,32-,50-/m0/s1. The van der Waals surface area contributed by atoms with E-state index in [4.69, 9.17) is 14.4 Å². The molecule has 0 bridgehead atoms. The Morgan fingerprint density at radius 2 is 1.66 bits per heavy atom. The lowest BCUT2D eigenvalue weighted by Gasteiger charge is -2.35. The first-order valence-corrected chi connectivity index (χ1v) is 23.3. The van der Waals surface area contributed by atoms with Gasteiger partial charge < -0.3 is 14.2 Å². The van der Waals surface area contributed by atoms with Crippen molar-refractivity contribution in [3.05, 3.63) is 145 Å². The fourth-order valence-electron chi connectivity index (χ4n) is 10.9. The summed E-state index contributed by atoms with van der Waals surface area (Å²) in [5.41, 5.74) is 5.94. The Kier molecular flexibility index (Phi) is 10.2. The van der Waals surface area contributed by atoms with Gasteiger partial charge in [0, 0.05) is 61.5 Å². The van der Waals surface area contributed by atoms with Gasteiger partial charge in [0.2, 0.25) is 0 Å². The number of fused-ring (bicyclic) bond motifs is 2. The Labute approximate surface area is 389 Å². The molecule has 7 aromatic rings. The van der Waals surface area contributed by atoms with Gasteiger partial charge in [0.1, 0.15) is 28.7 Å². The SMILES string of the molecule is Cc1cc(-n2nc3c(c2-n2ccn(-c4ccc(C(=O)NN5CCC5)c(F)c4)c2=O)[C@H](C)N(C(=O)c2cc4cc([C@H]5CCOC(C)(C)C5)ccc4n2[C@@]2(c4noc(=O)[nH]4)C[C@@H]2C)CC3)cc(C)c1F.